The highest BCUT2D eigenvalue weighted by Gasteiger charge is 2.29. The van der Waals surface area contributed by atoms with Crippen LogP contribution in [0.5, 0.6) is 0 Å². The maximum absolute atomic E-state index is 13.3. The lowest BCUT2D eigenvalue weighted by Crippen LogP contribution is -2.52. The molecule has 120 valence electrons. The largest absolute Gasteiger partial charge is 0.336 e. The second kappa shape index (κ2) is 6.78. The first-order chi connectivity index (χ1) is 10.6. The zero-order chi connectivity index (χ0) is 15.5. The third-order valence-corrected chi connectivity index (χ3v) is 5.10. The summed E-state index contributed by atoms with van der Waals surface area (Å²) in [6, 6.07) is 6.69. The molecule has 0 N–H and O–H groups in total. The maximum atomic E-state index is 13.3. The lowest BCUT2D eigenvalue weighted by Gasteiger charge is -2.42. The molecule has 0 spiro atoms. The summed E-state index contributed by atoms with van der Waals surface area (Å²) < 4.78 is 13.3. The van der Waals surface area contributed by atoms with Crippen molar-refractivity contribution >= 4 is 5.91 Å². The van der Waals surface area contributed by atoms with E-state index in [4.69, 9.17) is 0 Å². The van der Waals surface area contributed by atoms with Gasteiger partial charge in [0, 0.05) is 37.8 Å². The summed E-state index contributed by atoms with van der Waals surface area (Å²) >= 11 is 0. The fraction of sp³-hybridized carbons (Fsp3) is 0.611. The normalized spacial score (nSPS) is 26.9. The summed E-state index contributed by atoms with van der Waals surface area (Å²) in [7, 11) is 0. The SMILES string of the molecule is C[C@H]1CCC[C@H](N2CCN(C(=O)c3cccc(F)c3)CC2)C1. The quantitative estimate of drug-likeness (QED) is 0.838. The minimum Gasteiger partial charge on any atom is -0.336 e. The van der Waals surface area contributed by atoms with Gasteiger partial charge in [-0.1, -0.05) is 25.8 Å². The molecule has 4 heteroatoms. The van der Waals surface area contributed by atoms with Gasteiger partial charge in [0.05, 0.1) is 0 Å². The Bertz CT molecular complexity index is 526. The molecule has 3 nitrogen and oxygen atoms in total. The molecule has 1 saturated carbocycles. The highest BCUT2D eigenvalue weighted by Crippen LogP contribution is 2.28. The van der Waals surface area contributed by atoms with Crippen molar-refractivity contribution in [2.45, 2.75) is 38.6 Å². The summed E-state index contributed by atoms with van der Waals surface area (Å²) in [6.07, 6.45) is 5.27. The Kier molecular flexibility index (Phi) is 4.77. The van der Waals surface area contributed by atoms with Gasteiger partial charge in [-0.2, -0.15) is 0 Å². The van der Waals surface area contributed by atoms with E-state index in [9.17, 15) is 9.18 Å². The standard InChI is InChI=1S/C18H25FN2O/c1-14-4-2-7-17(12-14)20-8-10-21(11-9-20)18(22)15-5-3-6-16(19)13-15/h3,5-6,13-14,17H,2,4,7-12H2,1H3/t14-,17-/m0/s1. The molecular formula is C18H25FN2O. The van der Waals surface area contributed by atoms with Gasteiger partial charge >= 0.3 is 0 Å². The molecule has 0 radical (unpaired) electrons. The number of hydrogen-bond donors (Lipinski definition) is 0. The lowest BCUT2D eigenvalue weighted by atomic mass is 9.86. The summed E-state index contributed by atoms with van der Waals surface area (Å²) in [5.74, 6) is 0.433. The predicted octanol–water partition coefficient (Wildman–Crippen LogP) is 3.16. The van der Waals surface area contributed by atoms with Crippen molar-refractivity contribution in [2.24, 2.45) is 5.92 Å². The van der Waals surface area contributed by atoms with Crippen molar-refractivity contribution in [3.8, 4) is 0 Å². The molecule has 3 rings (SSSR count). The summed E-state index contributed by atoms with van der Waals surface area (Å²) in [4.78, 5) is 16.8. The average molecular weight is 304 g/mol. The van der Waals surface area contributed by atoms with Gasteiger partial charge in [0.25, 0.3) is 5.91 Å². The molecule has 2 fully saturated rings. The Morgan fingerprint density at radius 3 is 2.64 bits per heavy atom. The number of amides is 1. The van der Waals surface area contributed by atoms with Crippen LogP contribution in [-0.4, -0.2) is 47.9 Å². The highest BCUT2D eigenvalue weighted by molar-refractivity contribution is 5.94. The second-order valence-electron chi connectivity index (χ2n) is 6.76. The van der Waals surface area contributed by atoms with Crippen molar-refractivity contribution in [3.63, 3.8) is 0 Å². The minimum atomic E-state index is -0.347. The number of carbonyl (C=O) groups excluding carboxylic acids is 1. The average Bonchev–Trinajstić information content (AvgIpc) is 2.54. The summed E-state index contributed by atoms with van der Waals surface area (Å²) in [5, 5.41) is 0. The molecular weight excluding hydrogens is 279 g/mol. The number of benzene rings is 1. The second-order valence-corrected chi connectivity index (χ2v) is 6.76. The monoisotopic (exact) mass is 304 g/mol. The Balaban J connectivity index is 1.56. The van der Waals surface area contributed by atoms with Gasteiger partial charge in [0.15, 0.2) is 0 Å². The number of nitrogens with zero attached hydrogens (tertiary/aromatic N) is 2. The van der Waals surface area contributed by atoms with E-state index in [1.165, 1.54) is 37.8 Å². The molecule has 2 aliphatic rings. The lowest BCUT2D eigenvalue weighted by molar-refractivity contribution is 0.0488. The van der Waals surface area contributed by atoms with Crippen LogP contribution in [0, 0.1) is 11.7 Å². The van der Waals surface area contributed by atoms with E-state index < -0.39 is 0 Å². The van der Waals surface area contributed by atoms with Crippen molar-refractivity contribution in [2.75, 3.05) is 26.2 Å². The fourth-order valence-corrected chi connectivity index (χ4v) is 3.83. The number of piperazine rings is 1. The molecule has 1 aliphatic heterocycles. The van der Waals surface area contributed by atoms with Crippen LogP contribution in [0.2, 0.25) is 0 Å². The zero-order valence-electron chi connectivity index (χ0n) is 13.3. The van der Waals surface area contributed by atoms with Gasteiger partial charge < -0.3 is 4.90 Å². The van der Waals surface area contributed by atoms with Crippen molar-refractivity contribution in [3.05, 3.63) is 35.6 Å². The molecule has 0 bridgehead atoms. The van der Waals surface area contributed by atoms with Gasteiger partial charge in [-0.25, -0.2) is 4.39 Å². The number of hydrogen-bond acceptors (Lipinski definition) is 2. The third-order valence-electron chi connectivity index (χ3n) is 5.10. The van der Waals surface area contributed by atoms with Crippen LogP contribution in [0.25, 0.3) is 0 Å². The molecule has 1 aromatic carbocycles. The zero-order valence-corrected chi connectivity index (χ0v) is 13.3. The van der Waals surface area contributed by atoms with Crippen LogP contribution in [-0.2, 0) is 0 Å². The van der Waals surface area contributed by atoms with E-state index in [0.29, 0.717) is 11.6 Å². The first-order valence-corrected chi connectivity index (χ1v) is 8.42. The van der Waals surface area contributed by atoms with E-state index in [2.05, 4.69) is 11.8 Å². The van der Waals surface area contributed by atoms with Gasteiger partial charge in [0.1, 0.15) is 5.82 Å². The van der Waals surface area contributed by atoms with Crippen LogP contribution >= 0.6 is 0 Å². The number of halogens is 1. The molecule has 1 aromatic rings. The number of carbonyl (C=O) groups is 1. The molecule has 1 amide bonds. The van der Waals surface area contributed by atoms with Gasteiger partial charge in [0.2, 0.25) is 0 Å². The highest BCUT2D eigenvalue weighted by atomic mass is 19.1. The smallest absolute Gasteiger partial charge is 0.254 e. The molecule has 1 heterocycles. The van der Waals surface area contributed by atoms with Gasteiger partial charge in [-0.15, -0.1) is 0 Å². The first kappa shape index (κ1) is 15.5. The Morgan fingerprint density at radius 1 is 1.18 bits per heavy atom. The van der Waals surface area contributed by atoms with E-state index in [1.807, 2.05) is 4.90 Å². The molecule has 1 saturated heterocycles. The Hall–Kier alpha value is -1.42. The molecule has 22 heavy (non-hydrogen) atoms. The van der Waals surface area contributed by atoms with E-state index in [-0.39, 0.29) is 11.7 Å². The maximum Gasteiger partial charge on any atom is 0.254 e. The van der Waals surface area contributed by atoms with E-state index in [0.717, 1.165) is 32.1 Å². The van der Waals surface area contributed by atoms with E-state index >= 15 is 0 Å². The Morgan fingerprint density at radius 2 is 1.95 bits per heavy atom. The van der Waals surface area contributed by atoms with E-state index in [1.54, 1.807) is 12.1 Å². The van der Waals surface area contributed by atoms with Gasteiger partial charge in [-0.05, 0) is 37.0 Å². The first-order valence-electron chi connectivity index (χ1n) is 8.42. The van der Waals surface area contributed by atoms with Crippen molar-refractivity contribution in [1.29, 1.82) is 0 Å². The minimum absolute atomic E-state index is 0.0452. The van der Waals surface area contributed by atoms with Crippen molar-refractivity contribution < 1.29 is 9.18 Å². The number of rotatable bonds is 2. The third kappa shape index (κ3) is 3.49. The van der Waals surface area contributed by atoms with Crippen LogP contribution in [0.3, 0.4) is 0 Å². The summed E-state index contributed by atoms with van der Waals surface area (Å²) in [6.45, 7) is 5.73. The molecule has 0 unspecified atom stereocenters. The fourth-order valence-electron chi connectivity index (χ4n) is 3.83. The van der Waals surface area contributed by atoms with Gasteiger partial charge in [-0.3, -0.25) is 9.69 Å². The van der Waals surface area contributed by atoms with Crippen LogP contribution in [0.4, 0.5) is 4.39 Å². The van der Waals surface area contributed by atoms with Crippen molar-refractivity contribution in [1.82, 2.24) is 9.80 Å². The van der Waals surface area contributed by atoms with Crippen LogP contribution in [0.1, 0.15) is 43.0 Å². The van der Waals surface area contributed by atoms with Crippen LogP contribution in [0.15, 0.2) is 24.3 Å². The molecule has 2 atom stereocenters. The van der Waals surface area contributed by atoms with Crippen LogP contribution < -0.4 is 0 Å². The summed E-state index contributed by atoms with van der Waals surface area (Å²) in [5.41, 5.74) is 0.458. The molecule has 1 aliphatic carbocycles. The Labute approximate surface area is 132 Å². The molecule has 0 aromatic heterocycles. The topological polar surface area (TPSA) is 23.6 Å². The predicted molar refractivity (Wildman–Crippen MR) is 85.3 cm³/mol.